The first-order valence-electron chi connectivity index (χ1n) is 10.2. The van der Waals surface area contributed by atoms with Crippen molar-refractivity contribution in [3.8, 4) is 0 Å². The van der Waals surface area contributed by atoms with Crippen molar-refractivity contribution in [2.24, 2.45) is 16.3 Å². The Morgan fingerprint density at radius 1 is 1.07 bits per heavy atom. The summed E-state index contributed by atoms with van der Waals surface area (Å²) in [4.78, 5) is 26.6. The fourth-order valence-electron chi connectivity index (χ4n) is 4.68. The summed E-state index contributed by atoms with van der Waals surface area (Å²) in [5, 5.41) is 3.63. The summed E-state index contributed by atoms with van der Waals surface area (Å²) in [6.45, 7) is 8.51. The molecule has 5 heteroatoms. The molecule has 0 bridgehead atoms. The Hall–Kier alpha value is -2.95. The third kappa shape index (κ3) is 3.05. The summed E-state index contributed by atoms with van der Waals surface area (Å²) in [5.74, 6) is 0.721. The standard InChI is InChI=1S/C24H26N4O/c1-13-9-17-18(10-14(13)2)26-22(23-27-15-7-5-6-8-16(15)28-23)21-19(25-17)11-24(3,4)12-20(21)29/h5-10,21-22,26H,11-12H2,1-4H3,(H,27,28)/t21?,22-/m1/s1. The highest BCUT2D eigenvalue weighted by atomic mass is 16.1. The second-order valence-electron chi connectivity index (χ2n) is 9.28. The average Bonchev–Trinajstić information content (AvgIpc) is 3.00. The van der Waals surface area contributed by atoms with Crippen LogP contribution in [-0.2, 0) is 4.79 Å². The monoisotopic (exact) mass is 386 g/mol. The van der Waals surface area contributed by atoms with Crippen LogP contribution in [0.1, 0.15) is 49.7 Å². The highest BCUT2D eigenvalue weighted by Crippen LogP contribution is 2.45. The molecule has 1 aliphatic heterocycles. The van der Waals surface area contributed by atoms with Crippen LogP contribution >= 0.6 is 0 Å². The molecule has 2 heterocycles. The van der Waals surface area contributed by atoms with Gasteiger partial charge < -0.3 is 10.3 Å². The van der Waals surface area contributed by atoms with Gasteiger partial charge in [-0.3, -0.25) is 9.79 Å². The van der Waals surface area contributed by atoms with Crippen LogP contribution in [-0.4, -0.2) is 21.5 Å². The summed E-state index contributed by atoms with van der Waals surface area (Å²) >= 11 is 0. The first-order valence-corrected chi connectivity index (χ1v) is 10.2. The summed E-state index contributed by atoms with van der Waals surface area (Å²) in [7, 11) is 0. The highest BCUT2D eigenvalue weighted by molar-refractivity contribution is 6.10. The van der Waals surface area contributed by atoms with Crippen molar-refractivity contribution < 1.29 is 4.79 Å². The number of rotatable bonds is 1. The highest BCUT2D eigenvalue weighted by Gasteiger charge is 2.45. The number of nitrogens with zero attached hydrogens (tertiary/aromatic N) is 2. The summed E-state index contributed by atoms with van der Waals surface area (Å²) in [6, 6.07) is 12.0. The fourth-order valence-corrected chi connectivity index (χ4v) is 4.68. The van der Waals surface area contributed by atoms with Crippen molar-refractivity contribution >= 4 is 33.9 Å². The zero-order chi connectivity index (χ0) is 20.3. The zero-order valence-electron chi connectivity index (χ0n) is 17.3. The minimum atomic E-state index is -0.309. The molecule has 1 saturated carbocycles. The fraction of sp³-hybridized carbons (Fsp3) is 0.375. The molecule has 1 fully saturated rings. The van der Waals surface area contributed by atoms with Crippen molar-refractivity contribution in [3.63, 3.8) is 0 Å². The molecule has 2 aromatic carbocycles. The third-order valence-electron chi connectivity index (χ3n) is 6.24. The van der Waals surface area contributed by atoms with Crippen LogP contribution in [0.5, 0.6) is 0 Å². The lowest BCUT2D eigenvalue weighted by atomic mass is 9.69. The van der Waals surface area contributed by atoms with E-state index in [-0.39, 0.29) is 23.2 Å². The predicted octanol–water partition coefficient (Wildman–Crippen LogP) is 5.42. The Bertz CT molecular complexity index is 1140. The molecule has 1 aromatic heterocycles. The van der Waals surface area contributed by atoms with Crippen LogP contribution < -0.4 is 5.32 Å². The smallest absolute Gasteiger partial charge is 0.144 e. The molecule has 148 valence electrons. The van der Waals surface area contributed by atoms with Gasteiger partial charge in [0.15, 0.2) is 0 Å². The number of nitrogens with one attached hydrogen (secondary N) is 2. The normalized spacial score (nSPS) is 23.0. The minimum absolute atomic E-state index is 0.0743. The van der Waals surface area contributed by atoms with Crippen LogP contribution in [0.25, 0.3) is 11.0 Å². The van der Waals surface area contributed by atoms with Crippen molar-refractivity contribution in [3.05, 3.63) is 53.3 Å². The molecule has 3 aromatic rings. The number of Topliss-reactive ketones (excluding diaryl/α,β-unsaturated/α-hetero) is 1. The molecular formula is C24H26N4O. The van der Waals surface area contributed by atoms with Gasteiger partial charge in [-0.15, -0.1) is 0 Å². The molecule has 5 nitrogen and oxygen atoms in total. The summed E-state index contributed by atoms with van der Waals surface area (Å²) in [5.41, 5.74) is 7.07. The van der Waals surface area contributed by atoms with Gasteiger partial charge in [0.05, 0.1) is 34.4 Å². The lowest BCUT2D eigenvalue weighted by Gasteiger charge is -2.36. The number of hydrogen-bond acceptors (Lipinski definition) is 4. The number of aromatic amines is 1. The molecule has 5 rings (SSSR count). The van der Waals surface area contributed by atoms with E-state index >= 15 is 0 Å². The largest absolute Gasteiger partial charge is 0.372 e. The van der Waals surface area contributed by atoms with E-state index in [1.165, 1.54) is 11.1 Å². The first kappa shape index (κ1) is 18.1. The number of para-hydroxylation sites is 2. The van der Waals surface area contributed by atoms with Gasteiger partial charge in [-0.05, 0) is 61.1 Å². The Morgan fingerprint density at radius 3 is 2.62 bits per heavy atom. The number of H-pyrrole nitrogens is 1. The van der Waals surface area contributed by atoms with Gasteiger partial charge in [-0.1, -0.05) is 26.0 Å². The van der Waals surface area contributed by atoms with Gasteiger partial charge >= 0.3 is 0 Å². The quantitative estimate of drug-likeness (QED) is 0.586. The molecule has 2 aliphatic rings. The maximum atomic E-state index is 13.3. The zero-order valence-corrected chi connectivity index (χ0v) is 17.3. The third-order valence-corrected chi connectivity index (χ3v) is 6.24. The number of carbonyl (C=O) groups is 1. The number of benzene rings is 2. The number of imidazole rings is 1. The number of aryl methyl sites for hydroxylation is 2. The number of hydrogen-bond donors (Lipinski definition) is 2. The second-order valence-corrected chi connectivity index (χ2v) is 9.28. The van der Waals surface area contributed by atoms with Gasteiger partial charge in [-0.25, -0.2) is 4.98 Å². The molecule has 1 unspecified atom stereocenters. The van der Waals surface area contributed by atoms with E-state index < -0.39 is 0 Å². The Balaban J connectivity index is 1.70. The molecule has 0 radical (unpaired) electrons. The Labute approximate surface area is 170 Å². The number of ketones is 1. The maximum Gasteiger partial charge on any atom is 0.144 e. The van der Waals surface area contributed by atoms with E-state index in [0.717, 1.165) is 40.4 Å². The number of aliphatic imine (C=N–C) groups is 1. The van der Waals surface area contributed by atoms with Gasteiger partial charge in [-0.2, -0.15) is 0 Å². The number of aromatic nitrogens is 2. The average molecular weight is 386 g/mol. The second kappa shape index (κ2) is 6.28. The van der Waals surface area contributed by atoms with Crippen LogP contribution in [0.4, 0.5) is 11.4 Å². The first-order chi connectivity index (χ1) is 13.8. The lowest BCUT2D eigenvalue weighted by molar-refractivity contribution is -0.124. The van der Waals surface area contributed by atoms with E-state index in [1.54, 1.807) is 0 Å². The van der Waals surface area contributed by atoms with E-state index in [1.807, 2.05) is 24.3 Å². The molecule has 0 saturated heterocycles. The van der Waals surface area contributed by atoms with Gasteiger partial charge in [0.1, 0.15) is 11.6 Å². The van der Waals surface area contributed by atoms with Crippen molar-refractivity contribution in [2.45, 2.75) is 46.6 Å². The molecule has 29 heavy (non-hydrogen) atoms. The van der Waals surface area contributed by atoms with Crippen LogP contribution in [0.15, 0.2) is 41.4 Å². The van der Waals surface area contributed by atoms with Crippen LogP contribution in [0, 0.1) is 25.2 Å². The summed E-state index contributed by atoms with van der Waals surface area (Å²) in [6.07, 6.45) is 1.37. The van der Waals surface area contributed by atoms with Crippen LogP contribution in [0.3, 0.4) is 0 Å². The lowest BCUT2D eigenvalue weighted by Crippen LogP contribution is -2.42. The number of fused-ring (bicyclic) bond motifs is 3. The molecule has 2 N–H and O–H groups in total. The van der Waals surface area contributed by atoms with Crippen molar-refractivity contribution in [2.75, 3.05) is 5.32 Å². The Kier molecular flexibility index (Phi) is 3.92. The topological polar surface area (TPSA) is 70.1 Å². The molecular weight excluding hydrogens is 360 g/mol. The van der Waals surface area contributed by atoms with E-state index in [0.29, 0.717) is 6.42 Å². The molecule has 0 spiro atoms. The van der Waals surface area contributed by atoms with E-state index in [4.69, 9.17) is 9.98 Å². The van der Waals surface area contributed by atoms with E-state index in [9.17, 15) is 4.79 Å². The number of anilines is 1. The van der Waals surface area contributed by atoms with Gasteiger partial charge in [0.25, 0.3) is 0 Å². The number of carbonyl (C=O) groups excluding carboxylic acids is 1. The van der Waals surface area contributed by atoms with E-state index in [2.05, 4.69) is 50.1 Å². The van der Waals surface area contributed by atoms with Crippen molar-refractivity contribution in [1.29, 1.82) is 0 Å². The minimum Gasteiger partial charge on any atom is -0.372 e. The molecule has 2 atom stereocenters. The summed E-state index contributed by atoms with van der Waals surface area (Å²) < 4.78 is 0. The maximum absolute atomic E-state index is 13.3. The van der Waals surface area contributed by atoms with Gasteiger partial charge in [0, 0.05) is 12.1 Å². The Morgan fingerprint density at radius 2 is 1.83 bits per heavy atom. The SMILES string of the molecule is Cc1cc2c(cc1C)N[C@@H](c1nc3ccccc3[nH]1)C1C(=O)CC(C)(C)CC1=N2. The van der Waals surface area contributed by atoms with Crippen LogP contribution in [0.2, 0.25) is 0 Å². The molecule has 1 aliphatic carbocycles. The molecule has 0 amide bonds. The van der Waals surface area contributed by atoms with Gasteiger partial charge in [0.2, 0.25) is 0 Å². The van der Waals surface area contributed by atoms with Crippen molar-refractivity contribution in [1.82, 2.24) is 9.97 Å². The predicted molar refractivity (Wildman–Crippen MR) is 117 cm³/mol.